The summed E-state index contributed by atoms with van der Waals surface area (Å²) in [6, 6.07) is 4.32. The summed E-state index contributed by atoms with van der Waals surface area (Å²) < 4.78 is 37.0. The molecule has 2 heterocycles. The zero-order valence-electron chi connectivity index (χ0n) is 17.9. The maximum Gasteiger partial charge on any atom is 0.336 e. The predicted octanol–water partition coefficient (Wildman–Crippen LogP) is 3.47. The monoisotopic (exact) mass is 435 g/mol. The van der Waals surface area contributed by atoms with Gasteiger partial charge in [0.15, 0.2) is 0 Å². The van der Waals surface area contributed by atoms with Crippen molar-refractivity contribution in [3.05, 3.63) is 45.3 Å². The van der Waals surface area contributed by atoms with Crippen LogP contribution in [0.3, 0.4) is 0 Å². The minimum Gasteiger partial charge on any atom is -0.460 e. The van der Waals surface area contributed by atoms with Crippen LogP contribution >= 0.6 is 0 Å². The van der Waals surface area contributed by atoms with Gasteiger partial charge in [-0.15, -0.1) is 0 Å². The van der Waals surface area contributed by atoms with Crippen LogP contribution in [0, 0.1) is 6.92 Å². The SMILES string of the molecule is CCCS(=O)(=O)N1CCCC1C(=O)OCc1cc(=O)oc2cc(C)c(C(C)C)cc12. The first kappa shape index (κ1) is 22.5. The average molecular weight is 436 g/mol. The molecule has 164 valence electrons. The van der Waals surface area contributed by atoms with Crippen LogP contribution < -0.4 is 5.63 Å². The predicted molar refractivity (Wildman–Crippen MR) is 115 cm³/mol. The number of rotatable bonds is 7. The highest BCUT2D eigenvalue weighted by atomic mass is 32.2. The van der Waals surface area contributed by atoms with Gasteiger partial charge in [0, 0.05) is 23.6 Å². The van der Waals surface area contributed by atoms with Crippen molar-refractivity contribution in [2.75, 3.05) is 12.3 Å². The topological polar surface area (TPSA) is 93.9 Å². The lowest BCUT2D eigenvalue weighted by atomic mass is 9.95. The number of aryl methyl sites for hydroxylation is 1. The normalized spacial score (nSPS) is 17.7. The number of ether oxygens (including phenoxy) is 1. The van der Waals surface area contributed by atoms with Gasteiger partial charge in [-0.3, -0.25) is 4.79 Å². The van der Waals surface area contributed by atoms with E-state index in [1.54, 1.807) is 6.92 Å². The molecule has 0 spiro atoms. The summed E-state index contributed by atoms with van der Waals surface area (Å²) >= 11 is 0. The Labute approximate surface area is 177 Å². The van der Waals surface area contributed by atoms with E-state index in [2.05, 4.69) is 13.8 Å². The van der Waals surface area contributed by atoms with Crippen molar-refractivity contribution in [3.63, 3.8) is 0 Å². The van der Waals surface area contributed by atoms with Gasteiger partial charge in [-0.25, -0.2) is 13.2 Å². The molecular weight excluding hydrogens is 406 g/mol. The number of nitrogens with zero attached hydrogens (tertiary/aromatic N) is 1. The number of carbonyl (C=O) groups is 1. The minimum atomic E-state index is -3.48. The Morgan fingerprint density at radius 2 is 2.03 bits per heavy atom. The van der Waals surface area contributed by atoms with E-state index in [0.717, 1.165) is 16.5 Å². The first-order valence-electron chi connectivity index (χ1n) is 10.4. The van der Waals surface area contributed by atoms with Crippen molar-refractivity contribution < 1.29 is 22.4 Å². The second-order valence-corrected chi connectivity index (χ2v) is 10.2. The molecule has 1 atom stereocenters. The third kappa shape index (κ3) is 4.59. The molecule has 1 saturated heterocycles. The Morgan fingerprint density at radius 3 is 2.70 bits per heavy atom. The second-order valence-electron chi connectivity index (χ2n) is 8.14. The third-order valence-electron chi connectivity index (χ3n) is 5.50. The van der Waals surface area contributed by atoms with E-state index in [1.807, 2.05) is 19.1 Å². The van der Waals surface area contributed by atoms with Gasteiger partial charge in [0.2, 0.25) is 10.0 Å². The van der Waals surface area contributed by atoms with Crippen LogP contribution in [-0.4, -0.2) is 37.0 Å². The summed E-state index contributed by atoms with van der Waals surface area (Å²) in [5, 5.41) is 0.721. The lowest BCUT2D eigenvalue weighted by Gasteiger charge is -2.22. The van der Waals surface area contributed by atoms with E-state index in [9.17, 15) is 18.0 Å². The smallest absolute Gasteiger partial charge is 0.336 e. The van der Waals surface area contributed by atoms with E-state index in [4.69, 9.17) is 9.15 Å². The zero-order valence-corrected chi connectivity index (χ0v) is 18.8. The quantitative estimate of drug-likeness (QED) is 0.488. The fourth-order valence-electron chi connectivity index (χ4n) is 4.06. The van der Waals surface area contributed by atoms with Gasteiger partial charge in [0.25, 0.3) is 0 Å². The molecule has 30 heavy (non-hydrogen) atoms. The highest BCUT2D eigenvalue weighted by Gasteiger charge is 2.39. The van der Waals surface area contributed by atoms with Crippen molar-refractivity contribution in [1.29, 1.82) is 0 Å². The molecule has 1 aromatic carbocycles. The molecule has 8 heteroatoms. The van der Waals surface area contributed by atoms with Crippen LogP contribution in [-0.2, 0) is 26.2 Å². The maximum absolute atomic E-state index is 12.7. The summed E-state index contributed by atoms with van der Waals surface area (Å²) in [5.41, 5.74) is 2.63. The summed E-state index contributed by atoms with van der Waals surface area (Å²) in [7, 11) is -3.48. The largest absolute Gasteiger partial charge is 0.460 e. The standard InChI is InChI=1S/C22H29NO6S/c1-5-9-30(26,27)23-8-6-7-19(23)22(25)28-13-16-11-21(24)29-20-10-15(4)17(14(2)3)12-18(16)20/h10-12,14,19H,5-9,13H2,1-4H3. The van der Waals surface area contributed by atoms with Crippen LogP contribution in [0.4, 0.5) is 0 Å². The number of hydrogen-bond donors (Lipinski definition) is 0. The van der Waals surface area contributed by atoms with Gasteiger partial charge < -0.3 is 9.15 Å². The van der Waals surface area contributed by atoms with E-state index in [1.165, 1.54) is 10.4 Å². The molecule has 2 aromatic rings. The maximum atomic E-state index is 12.7. The Morgan fingerprint density at radius 1 is 1.30 bits per heavy atom. The van der Waals surface area contributed by atoms with E-state index in [-0.39, 0.29) is 18.3 Å². The highest BCUT2D eigenvalue weighted by molar-refractivity contribution is 7.89. The molecule has 0 bridgehead atoms. The number of fused-ring (bicyclic) bond motifs is 1. The molecule has 1 aliphatic heterocycles. The van der Waals surface area contributed by atoms with Crippen molar-refractivity contribution in [2.24, 2.45) is 0 Å². The summed E-state index contributed by atoms with van der Waals surface area (Å²) in [6.45, 7) is 8.14. The fraction of sp³-hybridized carbons (Fsp3) is 0.545. The lowest BCUT2D eigenvalue weighted by Crippen LogP contribution is -2.42. The van der Waals surface area contributed by atoms with Crippen LogP contribution in [0.1, 0.15) is 62.6 Å². The number of benzene rings is 1. The van der Waals surface area contributed by atoms with Gasteiger partial charge in [-0.05, 0) is 55.4 Å². The number of esters is 1. The fourth-order valence-corrected chi connectivity index (χ4v) is 5.80. The Balaban J connectivity index is 1.85. The Hall–Kier alpha value is -2.19. The number of hydrogen-bond acceptors (Lipinski definition) is 6. The van der Waals surface area contributed by atoms with Crippen LogP contribution in [0.2, 0.25) is 0 Å². The van der Waals surface area contributed by atoms with Crippen molar-refractivity contribution in [3.8, 4) is 0 Å². The van der Waals surface area contributed by atoms with Gasteiger partial charge in [-0.1, -0.05) is 20.8 Å². The van der Waals surface area contributed by atoms with Crippen molar-refractivity contribution >= 4 is 27.0 Å². The molecule has 1 aliphatic rings. The van der Waals surface area contributed by atoms with Crippen LogP contribution in [0.15, 0.2) is 27.4 Å². The molecule has 0 amide bonds. The molecular formula is C22H29NO6S. The molecule has 3 rings (SSSR count). The van der Waals surface area contributed by atoms with Gasteiger partial charge in [0.05, 0.1) is 5.75 Å². The molecule has 7 nitrogen and oxygen atoms in total. The third-order valence-corrected chi connectivity index (χ3v) is 7.58. The van der Waals surface area contributed by atoms with E-state index >= 15 is 0 Å². The Bertz CT molecular complexity index is 1100. The summed E-state index contributed by atoms with van der Waals surface area (Å²) in [5.74, 6) is -0.282. The summed E-state index contributed by atoms with van der Waals surface area (Å²) in [4.78, 5) is 24.7. The van der Waals surface area contributed by atoms with Crippen LogP contribution in [0.5, 0.6) is 0 Å². The van der Waals surface area contributed by atoms with Crippen molar-refractivity contribution in [1.82, 2.24) is 4.31 Å². The molecule has 1 aromatic heterocycles. The molecule has 1 fully saturated rings. The van der Waals surface area contributed by atoms with Crippen molar-refractivity contribution in [2.45, 2.75) is 65.5 Å². The average Bonchev–Trinajstić information content (AvgIpc) is 3.15. The Kier molecular flexibility index (Phi) is 6.67. The number of carbonyl (C=O) groups excluding carboxylic acids is 1. The minimum absolute atomic E-state index is 0.0124. The highest BCUT2D eigenvalue weighted by Crippen LogP contribution is 2.28. The van der Waals surface area contributed by atoms with Crippen LogP contribution in [0.25, 0.3) is 11.0 Å². The van der Waals surface area contributed by atoms with E-state index < -0.39 is 27.7 Å². The molecule has 0 N–H and O–H groups in total. The second kappa shape index (κ2) is 8.89. The molecule has 1 unspecified atom stereocenters. The van der Waals surface area contributed by atoms with Gasteiger partial charge >= 0.3 is 11.6 Å². The zero-order chi connectivity index (χ0) is 22.1. The molecule has 0 saturated carbocycles. The number of sulfonamides is 1. The van der Waals surface area contributed by atoms with E-state index in [0.29, 0.717) is 37.0 Å². The summed E-state index contributed by atoms with van der Waals surface area (Å²) in [6.07, 6.45) is 1.55. The first-order chi connectivity index (χ1) is 14.1. The van der Waals surface area contributed by atoms with Gasteiger partial charge in [0.1, 0.15) is 18.2 Å². The first-order valence-corrected chi connectivity index (χ1v) is 12.0. The van der Waals surface area contributed by atoms with Gasteiger partial charge in [-0.2, -0.15) is 4.31 Å². The molecule has 0 radical (unpaired) electrons. The lowest BCUT2D eigenvalue weighted by molar-refractivity contribution is -0.148. The molecule has 0 aliphatic carbocycles.